The van der Waals surface area contributed by atoms with E-state index in [0.717, 1.165) is 5.56 Å². The lowest BCUT2D eigenvalue weighted by Crippen LogP contribution is -2.11. The van der Waals surface area contributed by atoms with E-state index < -0.39 is 0 Å². The largest absolute Gasteiger partial charge is 0.493 e. The van der Waals surface area contributed by atoms with Crippen LogP contribution in [0.5, 0.6) is 11.5 Å². The quantitative estimate of drug-likeness (QED) is 0.442. The van der Waals surface area contributed by atoms with E-state index in [1.165, 1.54) is 13.2 Å². The Kier molecular flexibility index (Phi) is 5.84. The molecule has 134 valence electrons. The van der Waals surface area contributed by atoms with Gasteiger partial charge in [-0.25, -0.2) is 0 Å². The van der Waals surface area contributed by atoms with Gasteiger partial charge in [-0.05, 0) is 23.1 Å². The predicted octanol–water partition coefficient (Wildman–Crippen LogP) is 4.79. The van der Waals surface area contributed by atoms with Crippen molar-refractivity contribution < 1.29 is 14.3 Å². The lowest BCUT2D eigenvalue weighted by Gasteiger charge is -2.18. The monoisotopic (exact) mass is 349 g/mol. The Morgan fingerprint density at radius 2 is 1.69 bits per heavy atom. The molecule has 0 unspecified atom stereocenters. The summed E-state index contributed by atoms with van der Waals surface area (Å²) < 4.78 is 10.6. The van der Waals surface area contributed by atoms with Gasteiger partial charge in [0.2, 0.25) is 5.78 Å². The molecule has 0 heterocycles. The van der Waals surface area contributed by atoms with Crippen LogP contribution in [-0.2, 0) is 5.41 Å². The van der Waals surface area contributed by atoms with Gasteiger partial charge in [0.25, 0.3) is 0 Å². The summed E-state index contributed by atoms with van der Waals surface area (Å²) >= 11 is 0. The van der Waals surface area contributed by atoms with Gasteiger partial charge in [-0.15, -0.1) is 0 Å². The number of allylic oxidation sites excluding steroid dienone is 1. The molecule has 0 aliphatic heterocycles. The molecule has 2 aromatic rings. The van der Waals surface area contributed by atoms with Crippen LogP contribution < -0.4 is 9.47 Å². The molecule has 2 aromatic carbocycles. The van der Waals surface area contributed by atoms with Crippen LogP contribution in [0.2, 0.25) is 0 Å². The number of carbonyl (C=O) groups is 1. The van der Waals surface area contributed by atoms with Crippen molar-refractivity contribution in [3.8, 4) is 17.6 Å². The Balaban J connectivity index is 2.41. The van der Waals surface area contributed by atoms with Crippen molar-refractivity contribution >= 4 is 11.9 Å². The summed E-state index contributed by atoms with van der Waals surface area (Å²) in [4.78, 5) is 12.7. The van der Waals surface area contributed by atoms with Crippen molar-refractivity contribution in [2.75, 3.05) is 14.2 Å². The van der Waals surface area contributed by atoms with E-state index >= 15 is 0 Å². The minimum atomic E-state index is -0.321. The summed E-state index contributed by atoms with van der Waals surface area (Å²) in [5.41, 5.74) is 2.27. The maximum atomic E-state index is 12.7. The maximum absolute atomic E-state index is 12.7. The molecule has 0 bridgehead atoms. The Morgan fingerprint density at radius 3 is 2.19 bits per heavy atom. The van der Waals surface area contributed by atoms with Gasteiger partial charge in [0, 0.05) is 11.1 Å². The molecule has 0 aromatic heterocycles. The van der Waals surface area contributed by atoms with E-state index in [1.54, 1.807) is 37.4 Å². The van der Waals surface area contributed by atoms with Crippen LogP contribution in [0.25, 0.3) is 6.08 Å². The molecular formula is C22H23NO3. The molecule has 0 aliphatic carbocycles. The molecule has 0 amide bonds. The third kappa shape index (κ3) is 4.12. The normalized spacial score (nSPS) is 11.6. The minimum Gasteiger partial charge on any atom is -0.493 e. The van der Waals surface area contributed by atoms with Crippen LogP contribution in [0.3, 0.4) is 0 Å². The highest BCUT2D eigenvalue weighted by atomic mass is 16.5. The zero-order valence-corrected chi connectivity index (χ0v) is 15.8. The molecule has 0 saturated heterocycles. The summed E-state index contributed by atoms with van der Waals surface area (Å²) in [5, 5.41) is 9.48. The first-order valence-electron chi connectivity index (χ1n) is 8.30. The average Bonchev–Trinajstić information content (AvgIpc) is 2.64. The van der Waals surface area contributed by atoms with Crippen molar-refractivity contribution in [2.24, 2.45) is 0 Å². The van der Waals surface area contributed by atoms with E-state index in [9.17, 15) is 10.1 Å². The molecule has 0 saturated carbocycles. The van der Waals surface area contributed by atoms with E-state index in [4.69, 9.17) is 9.47 Å². The highest BCUT2D eigenvalue weighted by Gasteiger charge is 2.17. The van der Waals surface area contributed by atoms with Crippen molar-refractivity contribution in [3.63, 3.8) is 0 Å². The molecule has 0 fully saturated rings. The van der Waals surface area contributed by atoms with Crippen LogP contribution in [0.15, 0.2) is 48.0 Å². The first-order valence-corrected chi connectivity index (χ1v) is 8.30. The molecule has 4 heteroatoms. The van der Waals surface area contributed by atoms with Crippen molar-refractivity contribution in [2.45, 2.75) is 26.2 Å². The highest BCUT2D eigenvalue weighted by molar-refractivity contribution is 6.14. The summed E-state index contributed by atoms with van der Waals surface area (Å²) in [5.74, 6) is 0.706. The number of methoxy groups -OCH3 is 2. The van der Waals surface area contributed by atoms with Crippen molar-refractivity contribution in [3.05, 3.63) is 64.7 Å². The number of hydrogen-bond donors (Lipinski definition) is 0. The molecule has 0 N–H and O–H groups in total. The fourth-order valence-corrected chi connectivity index (χ4v) is 2.61. The minimum absolute atomic E-state index is 0.00341. The molecule has 0 spiro atoms. The number of para-hydroxylation sites is 1. The van der Waals surface area contributed by atoms with Gasteiger partial charge in [0.15, 0.2) is 11.5 Å². The first kappa shape index (κ1) is 19.3. The lowest BCUT2D eigenvalue weighted by atomic mass is 9.86. The Bertz CT molecular complexity index is 866. The average molecular weight is 349 g/mol. The molecule has 0 aliphatic rings. The number of benzene rings is 2. The predicted molar refractivity (Wildman–Crippen MR) is 103 cm³/mol. The van der Waals surface area contributed by atoms with Gasteiger partial charge in [-0.1, -0.05) is 57.2 Å². The standard InChI is InChI=1S/C22H23NO3/c1-22(2,3)18-11-9-15(10-12-18)20(24)17(14-23)13-16-7-6-8-19(25-4)21(16)26-5/h6-13H,1-5H3/b17-13+. The van der Waals surface area contributed by atoms with Gasteiger partial charge >= 0.3 is 0 Å². The van der Waals surface area contributed by atoms with Crippen LogP contribution in [0, 0.1) is 11.3 Å². The third-order valence-electron chi connectivity index (χ3n) is 4.11. The van der Waals surface area contributed by atoms with E-state index in [-0.39, 0.29) is 16.8 Å². The number of ether oxygens (including phenoxy) is 2. The number of ketones is 1. The molecule has 26 heavy (non-hydrogen) atoms. The fraction of sp³-hybridized carbons (Fsp3) is 0.273. The first-order chi connectivity index (χ1) is 12.3. The number of Topliss-reactive ketones (excluding diaryl/α,β-unsaturated/α-hetero) is 1. The van der Waals surface area contributed by atoms with E-state index in [1.807, 2.05) is 18.2 Å². The van der Waals surface area contributed by atoms with Crippen LogP contribution in [0.4, 0.5) is 0 Å². The number of carbonyl (C=O) groups excluding carboxylic acids is 1. The van der Waals surface area contributed by atoms with Gasteiger partial charge in [0.05, 0.1) is 14.2 Å². The fourth-order valence-electron chi connectivity index (χ4n) is 2.61. The SMILES string of the molecule is COc1cccc(/C=C(\C#N)C(=O)c2ccc(C(C)(C)C)cc2)c1OC. The molecule has 2 rings (SSSR count). The number of rotatable bonds is 5. The topological polar surface area (TPSA) is 59.3 Å². The second-order valence-electron chi connectivity index (χ2n) is 6.91. The van der Waals surface area contributed by atoms with Gasteiger partial charge in [-0.2, -0.15) is 5.26 Å². The Labute approximate surface area is 154 Å². The molecule has 4 nitrogen and oxygen atoms in total. The van der Waals surface area contributed by atoms with Gasteiger partial charge < -0.3 is 9.47 Å². The Morgan fingerprint density at radius 1 is 1.04 bits per heavy atom. The molecule has 0 atom stereocenters. The van der Waals surface area contributed by atoms with Crippen LogP contribution >= 0.6 is 0 Å². The summed E-state index contributed by atoms with van der Waals surface area (Å²) in [6.07, 6.45) is 1.53. The summed E-state index contributed by atoms with van der Waals surface area (Å²) in [6.45, 7) is 6.33. The summed E-state index contributed by atoms with van der Waals surface area (Å²) in [7, 11) is 3.06. The van der Waals surface area contributed by atoms with Crippen LogP contribution in [-0.4, -0.2) is 20.0 Å². The molecule has 0 radical (unpaired) electrons. The zero-order chi connectivity index (χ0) is 19.3. The van der Waals surface area contributed by atoms with Crippen LogP contribution in [0.1, 0.15) is 42.3 Å². The Hall–Kier alpha value is -3.06. The molecular weight excluding hydrogens is 326 g/mol. The van der Waals surface area contributed by atoms with Gasteiger partial charge in [0.1, 0.15) is 11.6 Å². The number of nitriles is 1. The number of nitrogens with zero attached hydrogens (tertiary/aromatic N) is 1. The second-order valence-corrected chi connectivity index (χ2v) is 6.91. The zero-order valence-electron chi connectivity index (χ0n) is 15.8. The van der Waals surface area contributed by atoms with Gasteiger partial charge in [-0.3, -0.25) is 4.79 Å². The second kappa shape index (κ2) is 7.88. The third-order valence-corrected chi connectivity index (χ3v) is 4.11. The maximum Gasteiger partial charge on any atom is 0.203 e. The van der Waals surface area contributed by atoms with E-state index in [0.29, 0.717) is 22.6 Å². The lowest BCUT2D eigenvalue weighted by molar-refractivity contribution is 0.104. The summed E-state index contributed by atoms with van der Waals surface area (Å²) in [6, 6.07) is 14.7. The van der Waals surface area contributed by atoms with Crippen molar-refractivity contribution in [1.82, 2.24) is 0 Å². The smallest absolute Gasteiger partial charge is 0.203 e. The van der Waals surface area contributed by atoms with Crippen molar-refractivity contribution in [1.29, 1.82) is 5.26 Å². The number of hydrogen-bond acceptors (Lipinski definition) is 4. The van der Waals surface area contributed by atoms with E-state index in [2.05, 4.69) is 20.8 Å². The highest BCUT2D eigenvalue weighted by Crippen LogP contribution is 2.32.